The minimum Gasteiger partial charge on any atom is -0.497 e. The van der Waals surface area contributed by atoms with E-state index in [4.69, 9.17) is 9.26 Å². The molecule has 1 N–H and O–H groups in total. The maximum absolute atomic E-state index is 12.6. The van der Waals surface area contributed by atoms with Crippen molar-refractivity contribution in [1.82, 2.24) is 20.4 Å². The Hall–Kier alpha value is -3.68. The lowest BCUT2D eigenvalue weighted by molar-refractivity contribution is -0.128. The van der Waals surface area contributed by atoms with Crippen LogP contribution in [0.3, 0.4) is 0 Å². The summed E-state index contributed by atoms with van der Waals surface area (Å²) in [6.45, 7) is -0.0765. The highest BCUT2D eigenvalue weighted by molar-refractivity contribution is 6.04. The van der Waals surface area contributed by atoms with Crippen molar-refractivity contribution in [2.45, 2.75) is 19.0 Å². The van der Waals surface area contributed by atoms with E-state index in [1.54, 1.807) is 13.2 Å². The maximum atomic E-state index is 12.6. The molecule has 8 heteroatoms. The van der Waals surface area contributed by atoms with E-state index in [1.165, 1.54) is 0 Å². The van der Waals surface area contributed by atoms with E-state index in [0.717, 1.165) is 10.5 Å². The first-order valence-electron chi connectivity index (χ1n) is 8.77. The lowest BCUT2D eigenvalue weighted by Gasteiger charge is -2.10. The standard InChI is InChI=1S/C20H18N4O4/c1-27-15-9-5-8-14(11-15)18-22-17(28-23-18)12-24-19(25)16(21-20(24)26)10-13-6-3-2-4-7-13/h2-9,11,16H,10,12H2,1H3,(H,21,26)/t16-/m0/s1. The zero-order valence-electron chi connectivity index (χ0n) is 15.2. The molecule has 1 atom stereocenters. The summed E-state index contributed by atoms with van der Waals surface area (Å²) in [5, 5.41) is 6.64. The molecule has 1 aliphatic heterocycles. The molecule has 3 aromatic rings. The van der Waals surface area contributed by atoms with Gasteiger partial charge in [0.1, 0.15) is 18.3 Å². The van der Waals surface area contributed by atoms with E-state index in [2.05, 4.69) is 15.5 Å². The van der Waals surface area contributed by atoms with Crippen LogP contribution in [0.25, 0.3) is 11.4 Å². The minimum absolute atomic E-state index is 0.0765. The third kappa shape index (κ3) is 3.57. The Balaban J connectivity index is 1.46. The monoisotopic (exact) mass is 378 g/mol. The molecule has 28 heavy (non-hydrogen) atoms. The van der Waals surface area contributed by atoms with Crippen molar-refractivity contribution in [2.75, 3.05) is 7.11 Å². The molecule has 0 radical (unpaired) electrons. The fourth-order valence-electron chi connectivity index (χ4n) is 3.05. The fraction of sp³-hybridized carbons (Fsp3) is 0.200. The predicted octanol–water partition coefficient (Wildman–Crippen LogP) is 2.41. The molecule has 1 aromatic heterocycles. The largest absolute Gasteiger partial charge is 0.497 e. The van der Waals surface area contributed by atoms with Gasteiger partial charge in [-0.2, -0.15) is 4.98 Å². The smallest absolute Gasteiger partial charge is 0.325 e. The van der Waals surface area contributed by atoms with Gasteiger partial charge in [-0.15, -0.1) is 0 Å². The van der Waals surface area contributed by atoms with E-state index in [-0.39, 0.29) is 18.3 Å². The van der Waals surface area contributed by atoms with Crippen molar-refractivity contribution in [3.63, 3.8) is 0 Å². The van der Waals surface area contributed by atoms with Crippen LogP contribution < -0.4 is 10.1 Å². The predicted molar refractivity (Wildman–Crippen MR) is 99.3 cm³/mol. The fourth-order valence-corrected chi connectivity index (χ4v) is 3.05. The number of urea groups is 1. The number of hydrogen-bond acceptors (Lipinski definition) is 6. The third-order valence-corrected chi connectivity index (χ3v) is 4.48. The number of rotatable bonds is 6. The lowest BCUT2D eigenvalue weighted by Crippen LogP contribution is -2.32. The minimum atomic E-state index is -0.601. The first-order valence-corrected chi connectivity index (χ1v) is 8.77. The highest BCUT2D eigenvalue weighted by Gasteiger charge is 2.38. The van der Waals surface area contributed by atoms with Crippen LogP contribution in [0, 0.1) is 0 Å². The summed E-state index contributed by atoms with van der Waals surface area (Å²) >= 11 is 0. The van der Waals surface area contributed by atoms with Gasteiger partial charge in [0.15, 0.2) is 0 Å². The number of aromatic nitrogens is 2. The Morgan fingerprint density at radius 1 is 1.14 bits per heavy atom. The molecule has 8 nitrogen and oxygen atoms in total. The molecule has 0 aliphatic carbocycles. The number of carbonyl (C=O) groups excluding carboxylic acids is 2. The van der Waals surface area contributed by atoms with E-state index < -0.39 is 12.1 Å². The quantitative estimate of drug-likeness (QED) is 0.662. The molecule has 1 fully saturated rings. The van der Waals surface area contributed by atoms with Gasteiger partial charge in [-0.3, -0.25) is 9.69 Å². The molecular weight excluding hydrogens is 360 g/mol. The van der Waals surface area contributed by atoms with Gasteiger partial charge in [0.25, 0.3) is 5.91 Å². The molecule has 0 saturated carbocycles. The number of imide groups is 1. The van der Waals surface area contributed by atoms with Crippen molar-refractivity contribution < 1.29 is 18.8 Å². The molecule has 4 rings (SSSR count). The molecule has 1 aliphatic rings. The number of nitrogens with zero attached hydrogens (tertiary/aromatic N) is 3. The van der Waals surface area contributed by atoms with E-state index >= 15 is 0 Å². The maximum Gasteiger partial charge on any atom is 0.325 e. The summed E-state index contributed by atoms with van der Waals surface area (Å²) in [5.41, 5.74) is 1.69. The molecule has 3 amide bonds. The van der Waals surface area contributed by atoms with Crippen LogP contribution in [0.15, 0.2) is 59.1 Å². The van der Waals surface area contributed by atoms with Crippen LogP contribution in [0.2, 0.25) is 0 Å². The number of carbonyl (C=O) groups is 2. The van der Waals surface area contributed by atoms with Crippen molar-refractivity contribution in [2.24, 2.45) is 0 Å². The Morgan fingerprint density at radius 3 is 2.75 bits per heavy atom. The zero-order chi connectivity index (χ0) is 19.5. The summed E-state index contributed by atoms with van der Waals surface area (Å²) in [5.74, 6) is 0.903. The van der Waals surface area contributed by atoms with Crippen molar-refractivity contribution >= 4 is 11.9 Å². The summed E-state index contributed by atoms with van der Waals surface area (Å²) in [7, 11) is 1.57. The molecule has 2 aromatic carbocycles. The Morgan fingerprint density at radius 2 is 1.96 bits per heavy atom. The van der Waals surface area contributed by atoms with Gasteiger partial charge in [0.05, 0.1) is 7.11 Å². The lowest BCUT2D eigenvalue weighted by atomic mass is 10.1. The molecular formula is C20H18N4O4. The number of hydrogen-bond donors (Lipinski definition) is 1. The van der Waals surface area contributed by atoms with Gasteiger partial charge >= 0.3 is 6.03 Å². The van der Waals surface area contributed by atoms with E-state index in [9.17, 15) is 9.59 Å². The number of ether oxygens (including phenoxy) is 1. The van der Waals surface area contributed by atoms with Crippen molar-refractivity contribution in [3.8, 4) is 17.1 Å². The Labute approximate surface area is 161 Å². The SMILES string of the molecule is COc1cccc(-c2noc(CN3C(=O)N[C@@H](Cc4ccccc4)C3=O)n2)c1. The highest BCUT2D eigenvalue weighted by Crippen LogP contribution is 2.22. The second-order valence-corrected chi connectivity index (χ2v) is 6.36. The van der Waals surface area contributed by atoms with Crippen molar-refractivity contribution in [1.29, 1.82) is 0 Å². The van der Waals surface area contributed by atoms with Crippen LogP contribution in [-0.2, 0) is 17.8 Å². The van der Waals surface area contributed by atoms with Gasteiger partial charge in [0.2, 0.25) is 11.7 Å². The average molecular weight is 378 g/mol. The van der Waals surface area contributed by atoms with Crippen LogP contribution >= 0.6 is 0 Å². The number of benzene rings is 2. The Bertz CT molecular complexity index is 1000. The van der Waals surface area contributed by atoms with Crippen molar-refractivity contribution in [3.05, 3.63) is 66.1 Å². The first-order chi connectivity index (χ1) is 13.6. The molecule has 0 unspecified atom stereocenters. The topological polar surface area (TPSA) is 97.6 Å². The van der Waals surface area contributed by atoms with Gasteiger partial charge in [-0.05, 0) is 17.7 Å². The summed E-state index contributed by atoms with van der Waals surface area (Å²) < 4.78 is 10.4. The number of amides is 3. The van der Waals surface area contributed by atoms with Crippen LogP contribution in [0.4, 0.5) is 4.79 Å². The molecule has 142 valence electrons. The van der Waals surface area contributed by atoms with E-state index in [1.807, 2.05) is 48.5 Å². The van der Waals surface area contributed by atoms with Gasteiger partial charge in [-0.25, -0.2) is 4.79 Å². The summed E-state index contributed by atoms with van der Waals surface area (Å²) in [6, 6.07) is 15.7. The zero-order valence-corrected chi connectivity index (χ0v) is 15.2. The van der Waals surface area contributed by atoms with Gasteiger partial charge in [0, 0.05) is 12.0 Å². The molecule has 0 spiro atoms. The van der Waals surface area contributed by atoms with Crippen LogP contribution in [0.5, 0.6) is 5.75 Å². The molecule has 1 saturated heterocycles. The normalized spacial score (nSPS) is 16.3. The van der Waals surface area contributed by atoms with Gasteiger partial charge in [-0.1, -0.05) is 47.6 Å². The van der Waals surface area contributed by atoms with Crippen LogP contribution in [-0.4, -0.2) is 40.1 Å². The Kier molecular flexibility index (Phi) is 4.76. The summed E-state index contributed by atoms with van der Waals surface area (Å²) in [6.07, 6.45) is 0.431. The average Bonchev–Trinajstić information content (AvgIpc) is 3.29. The molecule has 2 heterocycles. The second kappa shape index (κ2) is 7.51. The van der Waals surface area contributed by atoms with Crippen LogP contribution in [0.1, 0.15) is 11.5 Å². The second-order valence-electron chi connectivity index (χ2n) is 6.36. The highest BCUT2D eigenvalue weighted by atomic mass is 16.5. The third-order valence-electron chi connectivity index (χ3n) is 4.48. The van der Waals surface area contributed by atoms with Gasteiger partial charge < -0.3 is 14.6 Å². The molecule has 0 bridgehead atoms. The summed E-state index contributed by atoms with van der Waals surface area (Å²) in [4.78, 5) is 30.2. The number of nitrogens with one attached hydrogen (secondary N) is 1. The number of methoxy groups -OCH3 is 1. The van der Waals surface area contributed by atoms with E-state index in [0.29, 0.717) is 23.6 Å². The first kappa shape index (κ1) is 17.7.